The van der Waals surface area contributed by atoms with Crippen LogP contribution in [-0.4, -0.2) is 17.8 Å². The van der Waals surface area contributed by atoms with Crippen molar-refractivity contribution >= 4 is 28.8 Å². The van der Waals surface area contributed by atoms with Crippen molar-refractivity contribution in [2.24, 2.45) is 5.92 Å². The number of amides is 1. The number of halogens is 1. The molecule has 0 radical (unpaired) electrons. The van der Waals surface area contributed by atoms with Gasteiger partial charge in [0.25, 0.3) is 0 Å². The molecule has 0 spiro atoms. The fraction of sp³-hybridized carbons (Fsp3) is 0.583. The summed E-state index contributed by atoms with van der Waals surface area (Å²) in [6.45, 7) is 4.26. The largest absolute Gasteiger partial charge is 0.352 e. The van der Waals surface area contributed by atoms with Gasteiger partial charge in [-0.1, -0.05) is 19.9 Å². The van der Waals surface area contributed by atoms with Crippen molar-refractivity contribution in [1.82, 2.24) is 5.32 Å². The molecule has 0 aliphatic rings. The lowest BCUT2D eigenvalue weighted by atomic mass is 10.1. The Bertz CT molecular complexity index is 311. The van der Waals surface area contributed by atoms with Gasteiger partial charge in [-0.05, 0) is 23.8 Å². The minimum absolute atomic E-state index is 0.0637. The number of alkyl halides is 1. The average Bonchev–Trinajstić information content (AvgIpc) is 2.68. The molecule has 0 saturated heterocycles. The number of thiophene rings is 1. The normalized spacial score (nSPS) is 12.8. The van der Waals surface area contributed by atoms with Crippen molar-refractivity contribution in [1.29, 1.82) is 0 Å². The first-order valence-corrected chi connectivity index (χ1v) is 6.91. The van der Waals surface area contributed by atoms with E-state index in [1.807, 2.05) is 17.5 Å². The average molecular weight is 260 g/mol. The van der Waals surface area contributed by atoms with Crippen molar-refractivity contribution in [2.75, 3.05) is 5.88 Å². The van der Waals surface area contributed by atoms with E-state index < -0.39 is 0 Å². The monoisotopic (exact) mass is 259 g/mol. The first-order valence-electron chi connectivity index (χ1n) is 5.49. The summed E-state index contributed by atoms with van der Waals surface area (Å²) in [5, 5.41) is 4.95. The second kappa shape index (κ2) is 6.92. The Morgan fingerprint density at radius 3 is 2.81 bits per heavy atom. The summed E-state index contributed by atoms with van der Waals surface area (Å²) < 4.78 is 0. The van der Waals surface area contributed by atoms with Crippen LogP contribution in [0, 0.1) is 5.92 Å². The van der Waals surface area contributed by atoms with Crippen molar-refractivity contribution in [3.05, 3.63) is 22.4 Å². The topological polar surface area (TPSA) is 29.1 Å². The molecule has 1 aromatic heterocycles. The number of hydrogen-bond acceptors (Lipinski definition) is 2. The minimum atomic E-state index is 0.0637. The van der Waals surface area contributed by atoms with Gasteiger partial charge in [-0.3, -0.25) is 4.79 Å². The second-order valence-corrected chi connectivity index (χ2v) is 5.65. The molecule has 90 valence electrons. The lowest BCUT2D eigenvalue weighted by molar-refractivity contribution is -0.121. The minimum Gasteiger partial charge on any atom is -0.352 e. The van der Waals surface area contributed by atoms with Gasteiger partial charge < -0.3 is 5.32 Å². The molecule has 2 nitrogen and oxygen atoms in total. The van der Waals surface area contributed by atoms with Crippen LogP contribution in [0.15, 0.2) is 17.5 Å². The zero-order valence-corrected chi connectivity index (χ0v) is 11.3. The Morgan fingerprint density at radius 1 is 1.56 bits per heavy atom. The van der Waals surface area contributed by atoms with Gasteiger partial charge in [0.15, 0.2) is 0 Å². The molecule has 0 fully saturated rings. The molecular formula is C12H18ClNOS. The smallest absolute Gasteiger partial charge is 0.225 e. The molecule has 1 rings (SSSR count). The molecule has 1 N–H and O–H groups in total. The SMILES string of the molecule is CC(C)CC(CCl)NC(=O)Cc1cccs1. The van der Waals surface area contributed by atoms with E-state index in [2.05, 4.69) is 19.2 Å². The van der Waals surface area contributed by atoms with Gasteiger partial charge >= 0.3 is 0 Å². The number of carbonyl (C=O) groups excluding carboxylic acids is 1. The van der Waals surface area contributed by atoms with Crippen LogP contribution in [0.3, 0.4) is 0 Å². The van der Waals surface area contributed by atoms with Gasteiger partial charge in [0.1, 0.15) is 0 Å². The van der Waals surface area contributed by atoms with E-state index in [1.54, 1.807) is 11.3 Å². The molecule has 0 aliphatic carbocycles. The lowest BCUT2D eigenvalue weighted by Crippen LogP contribution is -2.37. The Hall–Kier alpha value is -0.540. The number of hydrogen-bond donors (Lipinski definition) is 1. The van der Waals surface area contributed by atoms with Gasteiger partial charge in [-0.2, -0.15) is 0 Å². The molecule has 0 aromatic carbocycles. The highest BCUT2D eigenvalue weighted by Crippen LogP contribution is 2.10. The maximum absolute atomic E-state index is 11.7. The van der Waals surface area contributed by atoms with Gasteiger partial charge in [0.2, 0.25) is 5.91 Å². The molecule has 0 bridgehead atoms. The molecule has 1 amide bonds. The van der Waals surface area contributed by atoms with Crippen LogP contribution in [0.1, 0.15) is 25.1 Å². The first-order chi connectivity index (χ1) is 7.61. The van der Waals surface area contributed by atoms with Crippen molar-refractivity contribution in [3.63, 3.8) is 0 Å². The molecule has 4 heteroatoms. The summed E-state index contributed by atoms with van der Waals surface area (Å²) in [7, 11) is 0. The van der Waals surface area contributed by atoms with Crippen molar-refractivity contribution in [3.8, 4) is 0 Å². The van der Waals surface area contributed by atoms with Gasteiger partial charge in [-0.15, -0.1) is 22.9 Å². The van der Waals surface area contributed by atoms with Crippen LogP contribution >= 0.6 is 22.9 Å². The van der Waals surface area contributed by atoms with Crippen molar-refractivity contribution in [2.45, 2.75) is 32.7 Å². The molecule has 0 saturated carbocycles. The van der Waals surface area contributed by atoms with Crippen LogP contribution in [0.4, 0.5) is 0 Å². The molecule has 0 aliphatic heterocycles. The third kappa shape index (κ3) is 4.99. The Labute approximate surface area is 106 Å². The zero-order chi connectivity index (χ0) is 12.0. The highest BCUT2D eigenvalue weighted by atomic mass is 35.5. The summed E-state index contributed by atoms with van der Waals surface area (Å²) in [6, 6.07) is 4.03. The Morgan fingerprint density at radius 2 is 2.31 bits per heavy atom. The predicted octanol–water partition coefficient (Wildman–Crippen LogP) is 3.06. The number of nitrogens with one attached hydrogen (secondary N) is 1. The first kappa shape index (κ1) is 13.5. The van der Waals surface area contributed by atoms with E-state index in [0.717, 1.165) is 11.3 Å². The van der Waals surface area contributed by atoms with E-state index in [9.17, 15) is 4.79 Å². The van der Waals surface area contributed by atoms with E-state index in [0.29, 0.717) is 18.2 Å². The van der Waals surface area contributed by atoms with Crippen LogP contribution in [0.25, 0.3) is 0 Å². The molecule has 1 heterocycles. The second-order valence-electron chi connectivity index (χ2n) is 4.30. The highest BCUT2D eigenvalue weighted by molar-refractivity contribution is 7.10. The van der Waals surface area contributed by atoms with Crippen LogP contribution < -0.4 is 5.32 Å². The number of rotatable bonds is 6. The van der Waals surface area contributed by atoms with Crippen LogP contribution in [0.5, 0.6) is 0 Å². The summed E-state index contributed by atoms with van der Waals surface area (Å²) in [5.41, 5.74) is 0. The van der Waals surface area contributed by atoms with Crippen LogP contribution in [0.2, 0.25) is 0 Å². The number of carbonyl (C=O) groups is 1. The third-order valence-electron chi connectivity index (χ3n) is 2.22. The maximum atomic E-state index is 11.7. The molecular weight excluding hydrogens is 242 g/mol. The summed E-state index contributed by atoms with van der Waals surface area (Å²) >= 11 is 7.43. The maximum Gasteiger partial charge on any atom is 0.225 e. The quantitative estimate of drug-likeness (QED) is 0.782. The summed E-state index contributed by atoms with van der Waals surface area (Å²) in [4.78, 5) is 12.8. The van der Waals surface area contributed by atoms with E-state index >= 15 is 0 Å². The lowest BCUT2D eigenvalue weighted by Gasteiger charge is -2.17. The fourth-order valence-corrected chi connectivity index (χ4v) is 2.49. The molecule has 16 heavy (non-hydrogen) atoms. The van der Waals surface area contributed by atoms with Gasteiger partial charge in [0.05, 0.1) is 6.42 Å². The van der Waals surface area contributed by atoms with Crippen molar-refractivity contribution < 1.29 is 4.79 Å². The van der Waals surface area contributed by atoms with E-state index in [1.165, 1.54) is 0 Å². The third-order valence-corrected chi connectivity index (χ3v) is 3.47. The Balaban J connectivity index is 2.37. The van der Waals surface area contributed by atoms with E-state index in [-0.39, 0.29) is 11.9 Å². The van der Waals surface area contributed by atoms with Crippen LogP contribution in [-0.2, 0) is 11.2 Å². The fourth-order valence-electron chi connectivity index (χ4n) is 1.58. The zero-order valence-electron chi connectivity index (χ0n) is 9.70. The Kier molecular flexibility index (Phi) is 5.85. The van der Waals surface area contributed by atoms with Gasteiger partial charge in [-0.25, -0.2) is 0 Å². The summed E-state index contributed by atoms with van der Waals surface area (Å²) in [6.07, 6.45) is 1.39. The van der Waals surface area contributed by atoms with E-state index in [4.69, 9.17) is 11.6 Å². The molecule has 1 aromatic rings. The van der Waals surface area contributed by atoms with Gasteiger partial charge in [0, 0.05) is 16.8 Å². The summed E-state index contributed by atoms with van der Waals surface area (Å²) in [5.74, 6) is 1.09. The highest BCUT2D eigenvalue weighted by Gasteiger charge is 2.13. The molecule has 1 unspecified atom stereocenters. The predicted molar refractivity (Wildman–Crippen MR) is 70.1 cm³/mol. The molecule has 1 atom stereocenters. The standard InChI is InChI=1S/C12H18ClNOS/c1-9(2)6-10(8-13)14-12(15)7-11-4-3-5-16-11/h3-5,9-10H,6-8H2,1-2H3,(H,14,15).